The number of carboxylic acid groups (broad SMARTS) is 2. The summed E-state index contributed by atoms with van der Waals surface area (Å²) in [5.41, 5.74) is 0.376. The Kier molecular flexibility index (Phi) is 4.08. The van der Waals surface area contributed by atoms with Crippen molar-refractivity contribution in [1.82, 2.24) is 0 Å². The second-order valence-electron chi connectivity index (χ2n) is 3.10. The number of carboxylic acids is 2. The third-order valence-electron chi connectivity index (χ3n) is 1.81. The Morgan fingerprint density at radius 1 is 1.31 bits per heavy atom. The van der Waals surface area contributed by atoms with Gasteiger partial charge in [0, 0.05) is 10.6 Å². The van der Waals surface area contributed by atoms with Gasteiger partial charge in [0.05, 0.1) is 6.42 Å². The molecule has 0 aliphatic rings. The van der Waals surface area contributed by atoms with Crippen molar-refractivity contribution in [2.45, 2.75) is 6.42 Å². The summed E-state index contributed by atoms with van der Waals surface area (Å²) < 4.78 is 0. The molecule has 0 heterocycles. The maximum atomic E-state index is 10.8. The summed E-state index contributed by atoms with van der Waals surface area (Å²) in [6.07, 6.45) is 0.768. The average Bonchev–Trinajstić information content (AvgIpc) is 2.15. The molecule has 1 aromatic carbocycles. The largest absolute Gasteiger partial charge is 0.481 e. The number of hydrogen-bond acceptors (Lipinski definition) is 2. The Morgan fingerprint density at radius 3 is 2.50 bits per heavy atom. The molecule has 0 saturated heterocycles. The van der Waals surface area contributed by atoms with Gasteiger partial charge >= 0.3 is 11.9 Å². The molecule has 84 valence electrons. The Bertz CT molecular complexity index is 451. The van der Waals surface area contributed by atoms with Crippen LogP contribution < -0.4 is 0 Å². The van der Waals surface area contributed by atoms with Crippen LogP contribution in [0.1, 0.15) is 12.0 Å². The third kappa shape index (κ3) is 3.74. The zero-order valence-corrected chi connectivity index (χ0v) is 8.94. The number of hydrogen-bond donors (Lipinski definition) is 2. The van der Waals surface area contributed by atoms with Gasteiger partial charge in [0.25, 0.3) is 0 Å². The highest BCUT2D eigenvalue weighted by atomic mass is 35.5. The molecular weight excluding hydrogens is 232 g/mol. The molecule has 0 aliphatic carbocycles. The number of benzene rings is 1. The first-order chi connectivity index (χ1) is 7.49. The molecule has 4 nitrogen and oxygen atoms in total. The fraction of sp³-hybridized carbons (Fsp3) is 0.0909. The standard InChI is InChI=1S/C11H9ClO4/c12-9-3-1-2-7(5-9)4-8(11(15)16)6-10(13)14/h1-5H,6H2,(H,13,14)(H,15,16)/b8-4-. The Morgan fingerprint density at radius 2 is 2.00 bits per heavy atom. The number of rotatable bonds is 4. The minimum Gasteiger partial charge on any atom is -0.481 e. The lowest BCUT2D eigenvalue weighted by Gasteiger charge is -1.99. The SMILES string of the molecule is O=C(O)C/C(=C/c1cccc(Cl)c1)C(=O)O. The minimum atomic E-state index is -1.25. The summed E-state index contributed by atoms with van der Waals surface area (Å²) in [5, 5.41) is 17.8. The molecule has 1 aromatic rings. The topological polar surface area (TPSA) is 74.6 Å². The van der Waals surface area contributed by atoms with Gasteiger partial charge < -0.3 is 10.2 Å². The van der Waals surface area contributed by atoms with Crippen molar-refractivity contribution < 1.29 is 19.8 Å². The maximum absolute atomic E-state index is 10.8. The molecular formula is C11H9ClO4. The van der Waals surface area contributed by atoms with Gasteiger partial charge in [0.15, 0.2) is 0 Å². The van der Waals surface area contributed by atoms with E-state index in [1.165, 1.54) is 6.08 Å². The molecule has 0 fully saturated rings. The predicted molar refractivity (Wildman–Crippen MR) is 59.3 cm³/mol. The van der Waals surface area contributed by atoms with Crippen molar-refractivity contribution >= 4 is 29.6 Å². The van der Waals surface area contributed by atoms with Gasteiger partial charge in [-0.3, -0.25) is 4.79 Å². The molecule has 16 heavy (non-hydrogen) atoms. The number of aliphatic carboxylic acids is 2. The van der Waals surface area contributed by atoms with Crippen molar-refractivity contribution in [2.75, 3.05) is 0 Å². The fourth-order valence-electron chi connectivity index (χ4n) is 1.15. The molecule has 0 unspecified atom stereocenters. The van der Waals surface area contributed by atoms with E-state index in [1.807, 2.05) is 0 Å². The molecule has 0 atom stereocenters. The third-order valence-corrected chi connectivity index (χ3v) is 2.04. The van der Waals surface area contributed by atoms with Gasteiger partial charge in [0.1, 0.15) is 0 Å². The smallest absolute Gasteiger partial charge is 0.332 e. The minimum absolute atomic E-state index is 0.185. The fourth-order valence-corrected chi connectivity index (χ4v) is 1.35. The lowest BCUT2D eigenvalue weighted by molar-refractivity contribution is -0.139. The summed E-state index contributed by atoms with van der Waals surface area (Å²) in [6, 6.07) is 6.52. The van der Waals surface area contributed by atoms with E-state index in [4.69, 9.17) is 21.8 Å². The van der Waals surface area contributed by atoms with E-state index in [-0.39, 0.29) is 5.57 Å². The van der Waals surface area contributed by atoms with Crippen LogP contribution in [0.3, 0.4) is 0 Å². The van der Waals surface area contributed by atoms with E-state index in [9.17, 15) is 9.59 Å². The molecule has 0 radical (unpaired) electrons. The van der Waals surface area contributed by atoms with Crippen LogP contribution in [0.5, 0.6) is 0 Å². The summed E-state index contributed by atoms with van der Waals surface area (Å²) in [6.45, 7) is 0. The lowest BCUT2D eigenvalue weighted by Crippen LogP contribution is -2.06. The van der Waals surface area contributed by atoms with Crippen LogP contribution in [0.2, 0.25) is 5.02 Å². The van der Waals surface area contributed by atoms with E-state index in [0.29, 0.717) is 10.6 Å². The normalized spacial score (nSPS) is 11.2. The van der Waals surface area contributed by atoms with Gasteiger partial charge in [-0.2, -0.15) is 0 Å². The van der Waals surface area contributed by atoms with E-state index in [2.05, 4.69) is 0 Å². The van der Waals surface area contributed by atoms with E-state index < -0.39 is 18.4 Å². The van der Waals surface area contributed by atoms with Crippen molar-refractivity contribution in [2.24, 2.45) is 0 Å². The van der Waals surface area contributed by atoms with Gasteiger partial charge in [0.2, 0.25) is 0 Å². The summed E-state index contributed by atoms with van der Waals surface area (Å²) in [5.74, 6) is -2.43. The average molecular weight is 241 g/mol. The second-order valence-corrected chi connectivity index (χ2v) is 3.54. The zero-order chi connectivity index (χ0) is 12.1. The quantitative estimate of drug-likeness (QED) is 0.792. The Hall–Kier alpha value is -1.81. The van der Waals surface area contributed by atoms with Crippen molar-refractivity contribution in [1.29, 1.82) is 0 Å². The first kappa shape index (κ1) is 12.3. The second kappa shape index (κ2) is 5.32. The van der Waals surface area contributed by atoms with Crippen LogP contribution in [-0.4, -0.2) is 22.2 Å². The summed E-state index contributed by atoms with van der Waals surface area (Å²) in [7, 11) is 0. The summed E-state index contributed by atoms with van der Waals surface area (Å²) >= 11 is 5.72. The molecule has 0 aromatic heterocycles. The van der Waals surface area contributed by atoms with Gasteiger partial charge in [-0.15, -0.1) is 0 Å². The van der Waals surface area contributed by atoms with Gasteiger partial charge in [-0.05, 0) is 23.8 Å². The van der Waals surface area contributed by atoms with Crippen LogP contribution in [0.25, 0.3) is 6.08 Å². The Balaban J connectivity index is 3.02. The predicted octanol–water partition coefficient (Wildman–Crippen LogP) is 2.28. The van der Waals surface area contributed by atoms with E-state index in [0.717, 1.165) is 0 Å². The highest BCUT2D eigenvalue weighted by molar-refractivity contribution is 6.30. The molecule has 0 aliphatic heterocycles. The molecule has 5 heteroatoms. The molecule has 1 rings (SSSR count). The van der Waals surface area contributed by atoms with Gasteiger partial charge in [-0.25, -0.2) is 4.79 Å². The van der Waals surface area contributed by atoms with E-state index >= 15 is 0 Å². The van der Waals surface area contributed by atoms with E-state index in [1.54, 1.807) is 24.3 Å². The van der Waals surface area contributed by atoms with Crippen LogP contribution >= 0.6 is 11.6 Å². The first-order valence-corrected chi connectivity index (χ1v) is 4.78. The number of carbonyl (C=O) groups is 2. The van der Waals surface area contributed by atoms with Crippen LogP contribution in [0.15, 0.2) is 29.8 Å². The molecule has 0 spiro atoms. The Labute approximate surface area is 96.8 Å². The van der Waals surface area contributed by atoms with Crippen LogP contribution in [0, 0.1) is 0 Å². The highest BCUT2D eigenvalue weighted by Gasteiger charge is 2.11. The molecule has 0 bridgehead atoms. The van der Waals surface area contributed by atoms with Crippen LogP contribution in [-0.2, 0) is 9.59 Å². The molecule has 2 N–H and O–H groups in total. The molecule has 0 amide bonds. The maximum Gasteiger partial charge on any atom is 0.332 e. The summed E-state index contributed by atoms with van der Waals surface area (Å²) in [4.78, 5) is 21.2. The van der Waals surface area contributed by atoms with Crippen molar-refractivity contribution in [3.8, 4) is 0 Å². The van der Waals surface area contributed by atoms with Crippen LogP contribution in [0.4, 0.5) is 0 Å². The zero-order valence-electron chi connectivity index (χ0n) is 8.18. The molecule has 0 saturated carbocycles. The number of halogens is 1. The van der Waals surface area contributed by atoms with Gasteiger partial charge in [-0.1, -0.05) is 23.7 Å². The monoisotopic (exact) mass is 240 g/mol. The first-order valence-electron chi connectivity index (χ1n) is 4.40. The van der Waals surface area contributed by atoms with Crippen molar-refractivity contribution in [3.05, 3.63) is 40.4 Å². The highest BCUT2D eigenvalue weighted by Crippen LogP contribution is 2.15. The lowest BCUT2D eigenvalue weighted by atomic mass is 10.1. The van der Waals surface area contributed by atoms with Crippen molar-refractivity contribution in [3.63, 3.8) is 0 Å².